The Hall–Kier alpha value is -1.06. The molecule has 1 aliphatic heterocycles. The lowest BCUT2D eigenvalue weighted by Crippen LogP contribution is -2.47. The van der Waals surface area contributed by atoms with Crippen LogP contribution in [-0.2, 0) is 9.59 Å². The molecule has 1 saturated heterocycles. The van der Waals surface area contributed by atoms with Crippen LogP contribution in [0.1, 0.15) is 33.1 Å². The van der Waals surface area contributed by atoms with Gasteiger partial charge in [0.25, 0.3) is 0 Å². The number of nitrogens with zero attached hydrogens (tertiary/aromatic N) is 1. The van der Waals surface area contributed by atoms with Gasteiger partial charge >= 0.3 is 0 Å². The molecule has 4 heteroatoms. The molecule has 0 spiro atoms. The topological polar surface area (TPSA) is 49.4 Å². The molecule has 2 amide bonds. The fourth-order valence-corrected chi connectivity index (χ4v) is 1.92. The summed E-state index contributed by atoms with van der Waals surface area (Å²) in [6.07, 6.45) is 2.57. The van der Waals surface area contributed by atoms with Crippen molar-refractivity contribution in [2.45, 2.75) is 44.7 Å². The van der Waals surface area contributed by atoms with Gasteiger partial charge in [-0.3, -0.25) is 9.59 Å². The van der Waals surface area contributed by atoms with Crippen LogP contribution in [0.4, 0.5) is 0 Å². The van der Waals surface area contributed by atoms with Crippen LogP contribution in [0.3, 0.4) is 0 Å². The minimum Gasteiger partial charge on any atom is -0.345 e. The molecular weight excluding hydrogens is 180 g/mol. The Kier molecular flexibility index (Phi) is 2.01. The first kappa shape index (κ1) is 9.49. The number of hydrogen-bond donors (Lipinski definition) is 1. The summed E-state index contributed by atoms with van der Waals surface area (Å²) in [5.41, 5.74) is 0.0393. The van der Waals surface area contributed by atoms with Crippen molar-refractivity contribution in [3.8, 4) is 0 Å². The first-order chi connectivity index (χ1) is 6.53. The first-order valence-electron chi connectivity index (χ1n) is 5.14. The first-order valence-corrected chi connectivity index (χ1v) is 5.14. The number of nitrogens with one attached hydrogen (secondary N) is 1. The normalized spacial score (nSPS) is 31.0. The highest BCUT2D eigenvalue weighted by Crippen LogP contribution is 2.41. The Morgan fingerprint density at radius 1 is 1.43 bits per heavy atom. The van der Waals surface area contributed by atoms with Gasteiger partial charge in [-0.15, -0.1) is 0 Å². The molecule has 14 heavy (non-hydrogen) atoms. The minimum absolute atomic E-state index is 0.0161. The van der Waals surface area contributed by atoms with Gasteiger partial charge in [0.15, 0.2) is 0 Å². The third kappa shape index (κ3) is 1.49. The molecule has 2 aliphatic rings. The van der Waals surface area contributed by atoms with Crippen molar-refractivity contribution in [3.05, 3.63) is 0 Å². The van der Waals surface area contributed by atoms with E-state index in [4.69, 9.17) is 0 Å². The summed E-state index contributed by atoms with van der Waals surface area (Å²) in [6, 6.07) is -0.359. The van der Waals surface area contributed by atoms with Crippen LogP contribution < -0.4 is 5.32 Å². The minimum atomic E-state index is -0.359. The third-order valence-corrected chi connectivity index (χ3v) is 3.20. The molecular formula is C10H16N2O2. The lowest BCUT2D eigenvalue weighted by Gasteiger charge is -2.28. The van der Waals surface area contributed by atoms with Gasteiger partial charge < -0.3 is 10.2 Å². The van der Waals surface area contributed by atoms with E-state index in [9.17, 15) is 9.59 Å². The van der Waals surface area contributed by atoms with Gasteiger partial charge in [-0.05, 0) is 26.7 Å². The van der Waals surface area contributed by atoms with E-state index in [1.807, 2.05) is 4.90 Å². The molecule has 0 aromatic carbocycles. The SMILES string of the molecule is CC1NC(=O)CCN(C2(C)CC2)C1=O. The Morgan fingerprint density at radius 2 is 2.07 bits per heavy atom. The maximum atomic E-state index is 11.9. The van der Waals surface area contributed by atoms with Gasteiger partial charge in [0.05, 0.1) is 0 Å². The summed E-state index contributed by atoms with van der Waals surface area (Å²) in [5.74, 6) is 0.0495. The van der Waals surface area contributed by atoms with Gasteiger partial charge in [-0.1, -0.05) is 0 Å². The second kappa shape index (κ2) is 2.97. The smallest absolute Gasteiger partial charge is 0.245 e. The second-order valence-corrected chi connectivity index (χ2v) is 4.53. The van der Waals surface area contributed by atoms with E-state index >= 15 is 0 Å². The van der Waals surface area contributed by atoms with Crippen molar-refractivity contribution in [1.82, 2.24) is 10.2 Å². The largest absolute Gasteiger partial charge is 0.345 e. The Labute approximate surface area is 83.6 Å². The monoisotopic (exact) mass is 196 g/mol. The number of amides is 2. The molecule has 0 bridgehead atoms. The predicted molar refractivity (Wildman–Crippen MR) is 51.6 cm³/mol. The highest BCUT2D eigenvalue weighted by Gasteiger charge is 2.47. The molecule has 2 rings (SSSR count). The van der Waals surface area contributed by atoms with Crippen LogP contribution in [0.2, 0.25) is 0 Å². The fourth-order valence-electron chi connectivity index (χ4n) is 1.92. The molecule has 0 radical (unpaired) electrons. The average molecular weight is 196 g/mol. The van der Waals surface area contributed by atoms with Crippen LogP contribution in [-0.4, -0.2) is 34.8 Å². The zero-order valence-electron chi connectivity index (χ0n) is 8.67. The molecule has 0 aromatic heterocycles. The number of carbonyl (C=O) groups is 2. The van der Waals surface area contributed by atoms with Crippen molar-refractivity contribution in [1.29, 1.82) is 0 Å². The predicted octanol–water partition coefficient (Wildman–Crippen LogP) is 0.276. The molecule has 78 valence electrons. The molecule has 1 atom stereocenters. The zero-order chi connectivity index (χ0) is 10.3. The lowest BCUT2D eigenvalue weighted by atomic mass is 10.2. The van der Waals surface area contributed by atoms with Gasteiger partial charge in [0, 0.05) is 18.5 Å². The van der Waals surface area contributed by atoms with Gasteiger partial charge in [0.1, 0.15) is 6.04 Å². The van der Waals surface area contributed by atoms with Crippen molar-refractivity contribution in [3.63, 3.8) is 0 Å². The molecule has 1 heterocycles. The molecule has 0 aromatic rings. The Morgan fingerprint density at radius 3 is 2.64 bits per heavy atom. The van der Waals surface area contributed by atoms with Crippen LogP contribution in [0.5, 0.6) is 0 Å². The Balaban J connectivity index is 2.16. The highest BCUT2D eigenvalue weighted by molar-refractivity contribution is 5.90. The van der Waals surface area contributed by atoms with Crippen LogP contribution in [0, 0.1) is 0 Å². The second-order valence-electron chi connectivity index (χ2n) is 4.53. The van der Waals surface area contributed by atoms with Gasteiger partial charge in [0.2, 0.25) is 11.8 Å². The zero-order valence-corrected chi connectivity index (χ0v) is 8.67. The van der Waals surface area contributed by atoms with Crippen molar-refractivity contribution >= 4 is 11.8 Å². The van der Waals surface area contributed by atoms with Crippen molar-refractivity contribution in [2.75, 3.05) is 6.54 Å². The van der Waals surface area contributed by atoms with Crippen LogP contribution in [0.15, 0.2) is 0 Å². The molecule has 1 unspecified atom stereocenters. The quantitative estimate of drug-likeness (QED) is 0.654. The average Bonchev–Trinajstić information content (AvgIpc) is 2.84. The Bertz CT molecular complexity index is 284. The van der Waals surface area contributed by atoms with Crippen molar-refractivity contribution in [2.24, 2.45) is 0 Å². The summed E-state index contributed by atoms with van der Waals surface area (Å²) >= 11 is 0. The maximum absolute atomic E-state index is 11.9. The van der Waals surface area contributed by atoms with E-state index in [1.54, 1.807) is 6.92 Å². The molecule has 1 N–H and O–H groups in total. The summed E-state index contributed by atoms with van der Waals surface area (Å²) in [5, 5.41) is 2.69. The standard InChI is InChI=1S/C10H16N2O2/c1-7-9(14)12(10(2)4-5-10)6-3-8(13)11-7/h7H,3-6H2,1-2H3,(H,11,13). The number of rotatable bonds is 1. The van der Waals surface area contributed by atoms with E-state index in [-0.39, 0.29) is 23.4 Å². The molecule has 1 aliphatic carbocycles. The number of carbonyl (C=O) groups excluding carboxylic acids is 2. The summed E-state index contributed by atoms with van der Waals surface area (Å²) < 4.78 is 0. The van der Waals surface area contributed by atoms with E-state index in [1.165, 1.54) is 0 Å². The molecule has 2 fully saturated rings. The lowest BCUT2D eigenvalue weighted by molar-refractivity contribution is -0.135. The maximum Gasteiger partial charge on any atom is 0.245 e. The van der Waals surface area contributed by atoms with E-state index in [2.05, 4.69) is 12.2 Å². The summed E-state index contributed by atoms with van der Waals surface area (Å²) in [6.45, 7) is 4.42. The van der Waals surface area contributed by atoms with Crippen LogP contribution in [0.25, 0.3) is 0 Å². The van der Waals surface area contributed by atoms with Gasteiger partial charge in [-0.25, -0.2) is 0 Å². The number of hydrogen-bond acceptors (Lipinski definition) is 2. The van der Waals surface area contributed by atoms with E-state index < -0.39 is 0 Å². The molecule has 4 nitrogen and oxygen atoms in total. The van der Waals surface area contributed by atoms with Crippen LogP contribution >= 0.6 is 0 Å². The van der Waals surface area contributed by atoms with Crippen molar-refractivity contribution < 1.29 is 9.59 Å². The third-order valence-electron chi connectivity index (χ3n) is 3.20. The van der Waals surface area contributed by atoms with E-state index in [0.717, 1.165) is 12.8 Å². The fraction of sp³-hybridized carbons (Fsp3) is 0.800. The highest BCUT2D eigenvalue weighted by atomic mass is 16.2. The molecule has 1 saturated carbocycles. The summed E-state index contributed by atoms with van der Waals surface area (Å²) in [4.78, 5) is 25.0. The van der Waals surface area contributed by atoms with Gasteiger partial charge in [-0.2, -0.15) is 0 Å². The summed E-state index contributed by atoms with van der Waals surface area (Å²) in [7, 11) is 0. The van der Waals surface area contributed by atoms with E-state index in [0.29, 0.717) is 13.0 Å².